The minimum Gasteiger partial charge on any atom is -0.481 e. The topological polar surface area (TPSA) is 136 Å². The number of hydrogen-bond acceptors (Lipinski definition) is 7. The van der Waals surface area contributed by atoms with E-state index < -0.39 is 47.5 Å². The number of carbonyl (C=O) groups excluding carboxylic acids is 2. The first-order chi connectivity index (χ1) is 13.9. The number of carboxylic acids is 2. The first-order valence-corrected chi connectivity index (χ1v) is 9.58. The van der Waals surface area contributed by atoms with Crippen LogP contribution in [0.5, 0.6) is 0 Å². The van der Waals surface area contributed by atoms with Crippen molar-refractivity contribution in [2.24, 2.45) is 23.7 Å². The minimum atomic E-state index is -1.02. The van der Waals surface area contributed by atoms with Crippen LogP contribution >= 0.6 is 0 Å². The quantitative estimate of drug-likeness (QED) is 0.311. The molecule has 0 radical (unpaired) electrons. The second kappa shape index (κ2) is 11.4. The Hall–Kier alpha value is -2.68. The number of hydrogen-bond donors (Lipinski definition) is 2. The first-order valence-electron chi connectivity index (χ1n) is 9.58. The summed E-state index contributed by atoms with van der Waals surface area (Å²) in [7, 11) is 0. The summed E-state index contributed by atoms with van der Waals surface area (Å²) in [4.78, 5) is 46.5. The number of carbonyl (C=O) groups is 4. The molecule has 0 heterocycles. The van der Waals surface area contributed by atoms with Crippen LogP contribution in [0.4, 0.5) is 0 Å². The van der Waals surface area contributed by atoms with Crippen molar-refractivity contribution in [3.63, 3.8) is 0 Å². The highest BCUT2D eigenvalue weighted by Crippen LogP contribution is 2.27. The number of carboxylic acid groups (broad SMARTS) is 2. The Morgan fingerprint density at radius 2 is 0.966 bits per heavy atom. The molecule has 4 atom stereocenters. The molecule has 0 amide bonds. The maximum atomic E-state index is 12.1. The number of aliphatic carboxylic acids is 2. The molecule has 0 bridgehead atoms. The van der Waals surface area contributed by atoms with Gasteiger partial charge in [0.25, 0.3) is 0 Å². The van der Waals surface area contributed by atoms with Crippen LogP contribution in [-0.2, 0) is 33.4 Å². The molecule has 2 rings (SSSR count). The average molecular weight is 410 g/mol. The van der Waals surface area contributed by atoms with Crippen molar-refractivity contribution in [3.8, 4) is 0 Å². The molecule has 29 heavy (non-hydrogen) atoms. The monoisotopic (exact) mass is 410 g/mol. The third-order valence-corrected chi connectivity index (χ3v) is 5.05. The molecule has 0 aliphatic heterocycles. The third-order valence-electron chi connectivity index (χ3n) is 5.05. The summed E-state index contributed by atoms with van der Waals surface area (Å²) >= 11 is 0. The minimum absolute atomic E-state index is 0.0339. The summed E-state index contributed by atoms with van der Waals surface area (Å²) in [5.74, 6) is -6.14. The van der Waals surface area contributed by atoms with Crippen LogP contribution in [0.2, 0.25) is 0 Å². The molecule has 0 saturated carbocycles. The molecule has 9 heteroatoms. The molecule has 2 aliphatic rings. The van der Waals surface area contributed by atoms with Gasteiger partial charge in [-0.15, -0.1) is 0 Å². The van der Waals surface area contributed by atoms with Gasteiger partial charge in [0.1, 0.15) is 13.2 Å². The SMILES string of the molecule is O=C(OCCOCCOC(=O)[C@H]1CC=CC[C@H]1C(=O)O)[C@H]1CC=CC[C@H]1C(=O)O. The molecule has 0 aromatic heterocycles. The molecule has 0 aromatic rings. The van der Waals surface area contributed by atoms with E-state index >= 15 is 0 Å². The lowest BCUT2D eigenvalue weighted by molar-refractivity contribution is -0.160. The van der Waals surface area contributed by atoms with E-state index in [2.05, 4.69) is 0 Å². The lowest BCUT2D eigenvalue weighted by atomic mass is 9.83. The van der Waals surface area contributed by atoms with Crippen LogP contribution in [0.15, 0.2) is 24.3 Å². The average Bonchev–Trinajstić information content (AvgIpc) is 2.72. The summed E-state index contributed by atoms with van der Waals surface area (Å²) in [5, 5.41) is 18.3. The van der Waals surface area contributed by atoms with Crippen LogP contribution in [0.3, 0.4) is 0 Å². The van der Waals surface area contributed by atoms with E-state index in [1.165, 1.54) is 0 Å². The highest BCUT2D eigenvalue weighted by Gasteiger charge is 2.36. The van der Waals surface area contributed by atoms with E-state index in [1.54, 1.807) is 24.3 Å². The smallest absolute Gasteiger partial charge is 0.310 e. The normalized spacial score (nSPS) is 25.9. The predicted octanol–water partition coefficient (Wildman–Crippen LogP) is 1.42. The molecule has 0 fully saturated rings. The third kappa shape index (κ3) is 6.70. The second-order valence-corrected chi connectivity index (χ2v) is 6.94. The highest BCUT2D eigenvalue weighted by atomic mass is 16.6. The van der Waals surface area contributed by atoms with Gasteiger partial charge in [0, 0.05) is 0 Å². The predicted molar refractivity (Wildman–Crippen MR) is 98.7 cm³/mol. The Kier molecular flexibility index (Phi) is 8.85. The number of esters is 2. The Balaban J connectivity index is 1.60. The molecule has 2 N–H and O–H groups in total. The van der Waals surface area contributed by atoms with Crippen LogP contribution in [0, 0.1) is 23.7 Å². The fourth-order valence-corrected chi connectivity index (χ4v) is 3.41. The van der Waals surface area contributed by atoms with Gasteiger partial charge in [0.2, 0.25) is 0 Å². The van der Waals surface area contributed by atoms with E-state index in [-0.39, 0.29) is 26.4 Å². The number of ether oxygens (including phenoxy) is 3. The fourth-order valence-electron chi connectivity index (χ4n) is 3.41. The zero-order valence-electron chi connectivity index (χ0n) is 16.0. The Labute approximate surface area is 168 Å². The summed E-state index contributed by atoms with van der Waals surface area (Å²) in [5.41, 5.74) is 0. The molecular formula is C20H26O9. The van der Waals surface area contributed by atoms with Gasteiger partial charge in [-0.3, -0.25) is 19.2 Å². The molecule has 2 aliphatic carbocycles. The largest absolute Gasteiger partial charge is 0.481 e. The maximum Gasteiger partial charge on any atom is 0.310 e. The zero-order valence-corrected chi connectivity index (χ0v) is 16.0. The van der Waals surface area contributed by atoms with Gasteiger partial charge in [0.05, 0.1) is 36.9 Å². The second-order valence-electron chi connectivity index (χ2n) is 6.94. The molecule has 0 spiro atoms. The molecule has 9 nitrogen and oxygen atoms in total. The van der Waals surface area contributed by atoms with Crippen LogP contribution < -0.4 is 0 Å². The van der Waals surface area contributed by atoms with Gasteiger partial charge < -0.3 is 24.4 Å². The summed E-state index contributed by atoms with van der Waals surface area (Å²) in [6, 6.07) is 0. The highest BCUT2D eigenvalue weighted by molar-refractivity contribution is 5.82. The van der Waals surface area contributed by atoms with Gasteiger partial charge in [-0.05, 0) is 25.7 Å². The van der Waals surface area contributed by atoms with E-state index in [0.29, 0.717) is 25.7 Å². The Morgan fingerprint density at radius 1 is 0.621 bits per heavy atom. The molecular weight excluding hydrogens is 384 g/mol. The fraction of sp³-hybridized carbons (Fsp3) is 0.600. The van der Waals surface area contributed by atoms with Crippen molar-refractivity contribution in [3.05, 3.63) is 24.3 Å². The Morgan fingerprint density at radius 3 is 1.31 bits per heavy atom. The Bertz CT molecular complexity index is 611. The van der Waals surface area contributed by atoms with Crippen molar-refractivity contribution < 1.29 is 43.6 Å². The lowest BCUT2D eigenvalue weighted by Gasteiger charge is -2.23. The summed E-state index contributed by atoms with van der Waals surface area (Å²) in [6.07, 6.45) is 8.30. The molecule has 0 unspecified atom stereocenters. The number of allylic oxidation sites excluding steroid dienone is 4. The standard InChI is InChI=1S/C20H26O9/c21-17(22)13-5-1-3-7-15(13)19(25)28-11-9-27-10-12-29-20(26)16-8-4-2-6-14(16)18(23)24/h1-4,13-16H,5-12H2,(H,21,22)(H,23,24)/t13-,14-,15+,16+/m1/s1. The van der Waals surface area contributed by atoms with Crippen LogP contribution in [-0.4, -0.2) is 60.5 Å². The van der Waals surface area contributed by atoms with Gasteiger partial charge in [-0.1, -0.05) is 24.3 Å². The zero-order chi connectivity index (χ0) is 21.2. The first kappa shape index (κ1) is 22.6. The van der Waals surface area contributed by atoms with Crippen molar-refractivity contribution in [1.29, 1.82) is 0 Å². The van der Waals surface area contributed by atoms with E-state index in [1.807, 2.05) is 0 Å². The molecule has 0 saturated heterocycles. The van der Waals surface area contributed by atoms with Crippen molar-refractivity contribution in [1.82, 2.24) is 0 Å². The number of rotatable bonds is 10. The van der Waals surface area contributed by atoms with E-state index in [9.17, 15) is 19.2 Å². The van der Waals surface area contributed by atoms with Gasteiger partial charge >= 0.3 is 23.9 Å². The van der Waals surface area contributed by atoms with Crippen LogP contribution in [0.25, 0.3) is 0 Å². The lowest BCUT2D eigenvalue weighted by Crippen LogP contribution is -2.33. The van der Waals surface area contributed by atoms with Crippen molar-refractivity contribution in [2.45, 2.75) is 25.7 Å². The van der Waals surface area contributed by atoms with Gasteiger partial charge in [0.15, 0.2) is 0 Å². The summed E-state index contributed by atoms with van der Waals surface area (Å²) < 4.78 is 15.4. The summed E-state index contributed by atoms with van der Waals surface area (Å²) in [6.45, 7) is 0.0860. The molecule has 0 aromatic carbocycles. The van der Waals surface area contributed by atoms with E-state index in [0.717, 1.165) is 0 Å². The van der Waals surface area contributed by atoms with Crippen molar-refractivity contribution >= 4 is 23.9 Å². The maximum absolute atomic E-state index is 12.1. The molecule has 160 valence electrons. The van der Waals surface area contributed by atoms with Crippen LogP contribution in [0.1, 0.15) is 25.7 Å². The van der Waals surface area contributed by atoms with Crippen molar-refractivity contribution in [2.75, 3.05) is 26.4 Å². The van der Waals surface area contributed by atoms with Gasteiger partial charge in [-0.2, -0.15) is 0 Å². The van der Waals surface area contributed by atoms with E-state index in [4.69, 9.17) is 24.4 Å². The van der Waals surface area contributed by atoms with Gasteiger partial charge in [-0.25, -0.2) is 0 Å².